The first-order valence-electron chi connectivity index (χ1n) is 5.61. The van der Waals surface area contributed by atoms with Gasteiger partial charge < -0.3 is 15.8 Å². The molecular formula is C11H19N3OS. The molecule has 2 rings (SSSR count). The summed E-state index contributed by atoms with van der Waals surface area (Å²) < 4.78 is 5.32. The normalized spacial score (nSPS) is 27.2. The van der Waals surface area contributed by atoms with Gasteiger partial charge in [-0.25, -0.2) is 4.98 Å². The van der Waals surface area contributed by atoms with Gasteiger partial charge in [-0.05, 0) is 20.3 Å². The number of hydrogen-bond acceptors (Lipinski definition) is 5. The number of nitrogens with zero attached hydrogens (tertiary/aromatic N) is 1. The minimum absolute atomic E-state index is 0.194. The summed E-state index contributed by atoms with van der Waals surface area (Å²) >= 11 is 1.73. The van der Waals surface area contributed by atoms with E-state index in [-0.39, 0.29) is 11.6 Å². The number of nitrogens with one attached hydrogen (secondary N) is 1. The SMILES string of the molecule is Cc1cnc(C(C)NCC2(N)CCOC2)s1. The summed E-state index contributed by atoms with van der Waals surface area (Å²) in [4.78, 5) is 5.61. The second-order valence-electron chi connectivity index (χ2n) is 4.58. The summed E-state index contributed by atoms with van der Waals surface area (Å²) in [5.74, 6) is 0. The Kier molecular flexibility index (Phi) is 3.59. The van der Waals surface area contributed by atoms with Crippen molar-refractivity contribution in [2.75, 3.05) is 19.8 Å². The Hall–Kier alpha value is -0.490. The number of nitrogens with two attached hydrogens (primary N) is 1. The van der Waals surface area contributed by atoms with Crippen molar-refractivity contribution >= 4 is 11.3 Å². The number of aryl methyl sites for hydroxylation is 1. The number of rotatable bonds is 4. The second kappa shape index (κ2) is 4.79. The molecule has 2 heterocycles. The van der Waals surface area contributed by atoms with Crippen LogP contribution in [0.4, 0.5) is 0 Å². The number of ether oxygens (including phenoxy) is 1. The zero-order valence-corrected chi connectivity index (χ0v) is 10.6. The van der Waals surface area contributed by atoms with Crippen LogP contribution in [0.2, 0.25) is 0 Å². The molecule has 1 aromatic rings. The Labute approximate surface area is 100 Å². The monoisotopic (exact) mass is 241 g/mol. The van der Waals surface area contributed by atoms with Gasteiger partial charge in [0.1, 0.15) is 5.01 Å². The zero-order chi connectivity index (χ0) is 11.6. The first-order chi connectivity index (χ1) is 7.59. The molecule has 0 amide bonds. The van der Waals surface area contributed by atoms with Crippen molar-refractivity contribution in [2.45, 2.75) is 31.8 Å². The molecule has 0 saturated carbocycles. The molecule has 2 atom stereocenters. The maximum absolute atomic E-state index is 6.19. The van der Waals surface area contributed by atoms with Gasteiger partial charge in [-0.1, -0.05) is 0 Å². The molecule has 1 aliphatic heterocycles. The third-order valence-electron chi connectivity index (χ3n) is 2.90. The minimum Gasteiger partial charge on any atom is -0.379 e. The molecule has 4 nitrogen and oxygen atoms in total. The Morgan fingerprint density at radius 2 is 2.56 bits per heavy atom. The Morgan fingerprint density at radius 3 is 3.12 bits per heavy atom. The molecule has 0 radical (unpaired) electrons. The number of aromatic nitrogens is 1. The molecule has 3 N–H and O–H groups in total. The van der Waals surface area contributed by atoms with E-state index >= 15 is 0 Å². The molecular weight excluding hydrogens is 222 g/mol. The average Bonchev–Trinajstić information content (AvgIpc) is 2.85. The Morgan fingerprint density at radius 1 is 1.75 bits per heavy atom. The van der Waals surface area contributed by atoms with Gasteiger partial charge in [-0.3, -0.25) is 0 Å². The van der Waals surface area contributed by atoms with Gasteiger partial charge >= 0.3 is 0 Å². The van der Waals surface area contributed by atoms with Crippen LogP contribution in [0.5, 0.6) is 0 Å². The molecule has 0 spiro atoms. The van der Waals surface area contributed by atoms with Crippen LogP contribution in [-0.4, -0.2) is 30.3 Å². The van der Waals surface area contributed by atoms with Crippen LogP contribution in [0.1, 0.15) is 29.3 Å². The van der Waals surface area contributed by atoms with Gasteiger partial charge in [-0.2, -0.15) is 0 Å². The molecule has 0 aliphatic carbocycles. The summed E-state index contributed by atoms with van der Waals surface area (Å²) in [6.45, 7) is 6.42. The molecule has 1 aromatic heterocycles. The maximum atomic E-state index is 6.19. The van der Waals surface area contributed by atoms with E-state index in [4.69, 9.17) is 10.5 Å². The van der Waals surface area contributed by atoms with Crippen molar-refractivity contribution in [1.82, 2.24) is 10.3 Å². The number of hydrogen-bond donors (Lipinski definition) is 2. The van der Waals surface area contributed by atoms with Gasteiger partial charge in [0.05, 0.1) is 18.2 Å². The average molecular weight is 241 g/mol. The second-order valence-corrected chi connectivity index (χ2v) is 5.84. The molecule has 0 aromatic carbocycles. The molecule has 1 saturated heterocycles. The third kappa shape index (κ3) is 2.79. The fourth-order valence-corrected chi connectivity index (χ4v) is 2.58. The van der Waals surface area contributed by atoms with E-state index in [9.17, 15) is 0 Å². The van der Waals surface area contributed by atoms with Crippen molar-refractivity contribution in [3.63, 3.8) is 0 Å². The zero-order valence-electron chi connectivity index (χ0n) is 9.82. The van der Waals surface area contributed by atoms with Gasteiger partial charge in [-0.15, -0.1) is 11.3 Å². The summed E-state index contributed by atoms with van der Waals surface area (Å²) in [7, 11) is 0. The fraction of sp³-hybridized carbons (Fsp3) is 0.727. The molecule has 2 unspecified atom stereocenters. The summed E-state index contributed by atoms with van der Waals surface area (Å²) in [5, 5.41) is 4.56. The molecule has 5 heteroatoms. The Balaban J connectivity index is 1.86. The smallest absolute Gasteiger partial charge is 0.109 e. The highest BCUT2D eigenvalue weighted by Crippen LogP contribution is 2.20. The van der Waals surface area contributed by atoms with E-state index in [1.807, 2.05) is 6.20 Å². The molecule has 90 valence electrons. The summed E-state index contributed by atoms with van der Waals surface area (Å²) in [6, 6.07) is 0.264. The van der Waals surface area contributed by atoms with Crippen LogP contribution in [0.15, 0.2) is 6.20 Å². The molecule has 16 heavy (non-hydrogen) atoms. The summed E-state index contributed by atoms with van der Waals surface area (Å²) in [5.41, 5.74) is 5.99. The van der Waals surface area contributed by atoms with E-state index in [1.165, 1.54) is 4.88 Å². The van der Waals surface area contributed by atoms with Crippen LogP contribution in [0.25, 0.3) is 0 Å². The highest BCUT2D eigenvalue weighted by molar-refractivity contribution is 7.11. The van der Waals surface area contributed by atoms with E-state index in [0.29, 0.717) is 6.61 Å². The topological polar surface area (TPSA) is 60.2 Å². The minimum atomic E-state index is -0.194. The van der Waals surface area contributed by atoms with E-state index in [1.54, 1.807) is 11.3 Å². The first-order valence-corrected chi connectivity index (χ1v) is 6.43. The van der Waals surface area contributed by atoms with E-state index in [2.05, 4.69) is 24.1 Å². The van der Waals surface area contributed by atoms with Crippen molar-refractivity contribution in [3.8, 4) is 0 Å². The van der Waals surface area contributed by atoms with Gasteiger partial charge in [0.25, 0.3) is 0 Å². The predicted molar refractivity (Wildman–Crippen MR) is 65.6 cm³/mol. The van der Waals surface area contributed by atoms with Gasteiger partial charge in [0.2, 0.25) is 0 Å². The van der Waals surface area contributed by atoms with Crippen LogP contribution < -0.4 is 11.1 Å². The van der Waals surface area contributed by atoms with Gasteiger partial charge in [0.15, 0.2) is 0 Å². The molecule has 0 bridgehead atoms. The molecule has 1 fully saturated rings. The lowest BCUT2D eigenvalue weighted by molar-refractivity contribution is 0.176. The standard InChI is InChI=1S/C11H19N3OS/c1-8-5-13-10(16-8)9(2)14-6-11(12)3-4-15-7-11/h5,9,14H,3-4,6-7,12H2,1-2H3. The largest absolute Gasteiger partial charge is 0.379 e. The van der Waals surface area contributed by atoms with Crippen molar-refractivity contribution in [3.05, 3.63) is 16.1 Å². The van der Waals surface area contributed by atoms with Crippen LogP contribution in [-0.2, 0) is 4.74 Å². The fourth-order valence-electron chi connectivity index (χ4n) is 1.78. The van der Waals surface area contributed by atoms with E-state index in [0.717, 1.165) is 24.6 Å². The lowest BCUT2D eigenvalue weighted by atomic mass is 10.0. The highest BCUT2D eigenvalue weighted by Gasteiger charge is 2.30. The van der Waals surface area contributed by atoms with Crippen molar-refractivity contribution in [1.29, 1.82) is 0 Å². The van der Waals surface area contributed by atoms with Crippen molar-refractivity contribution < 1.29 is 4.74 Å². The lowest BCUT2D eigenvalue weighted by Gasteiger charge is -2.24. The summed E-state index contributed by atoms with van der Waals surface area (Å²) in [6.07, 6.45) is 2.85. The first kappa shape index (κ1) is 12.0. The third-order valence-corrected chi connectivity index (χ3v) is 4.00. The van der Waals surface area contributed by atoms with Crippen LogP contribution in [0, 0.1) is 6.92 Å². The van der Waals surface area contributed by atoms with Gasteiger partial charge in [0, 0.05) is 24.2 Å². The van der Waals surface area contributed by atoms with Crippen LogP contribution >= 0.6 is 11.3 Å². The molecule has 1 aliphatic rings. The lowest BCUT2D eigenvalue weighted by Crippen LogP contribution is -2.49. The van der Waals surface area contributed by atoms with Crippen molar-refractivity contribution in [2.24, 2.45) is 5.73 Å². The number of thiazole rings is 1. The maximum Gasteiger partial charge on any atom is 0.109 e. The Bertz CT molecular complexity index is 347. The van der Waals surface area contributed by atoms with E-state index < -0.39 is 0 Å². The predicted octanol–water partition coefficient (Wildman–Crippen LogP) is 1.22. The quantitative estimate of drug-likeness (QED) is 0.832. The van der Waals surface area contributed by atoms with Crippen LogP contribution in [0.3, 0.4) is 0 Å². The highest BCUT2D eigenvalue weighted by atomic mass is 32.1.